The maximum Gasteiger partial charge on any atom is 0.293 e. The maximum atomic E-state index is 11.7. The van der Waals surface area contributed by atoms with Crippen LogP contribution in [0.5, 0.6) is 0 Å². The molecule has 16 heavy (non-hydrogen) atoms. The average molecular weight is 223 g/mol. The van der Waals surface area contributed by atoms with Crippen molar-refractivity contribution in [3.8, 4) is 0 Å². The first-order valence-electron chi connectivity index (χ1n) is 5.80. The summed E-state index contributed by atoms with van der Waals surface area (Å²) in [5, 5.41) is 15.9. The van der Waals surface area contributed by atoms with Gasteiger partial charge < -0.3 is 5.32 Å². The van der Waals surface area contributed by atoms with Crippen LogP contribution >= 0.6 is 0 Å². The molecule has 1 aromatic heterocycles. The Hall–Kier alpha value is -1.46. The Morgan fingerprint density at radius 1 is 1.38 bits per heavy atom. The minimum absolute atomic E-state index is 0.122. The highest BCUT2D eigenvalue weighted by atomic mass is 16.2. The zero-order valence-electron chi connectivity index (χ0n) is 9.44. The summed E-state index contributed by atoms with van der Waals surface area (Å²) in [5.41, 5.74) is 0. The number of amides is 1. The first-order chi connectivity index (χ1) is 7.75. The smallest absolute Gasteiger partial charge is 0.293 e. The normalized spacial score (nSPS) is 26.1. The van der Waals surface area contributed by atoms with E-state index in [4.69, 9.17) is 0 Å². The fourth-order valence-corrected chi connectivity index (χ4v) is 2.14. The molecule has 1 aliphatic rings. The Balaban J connectivity index is 1.87. The van der Waals surface area contributed by atoms with Crippen molar-refractivity contribution in [2.24, 2.45) is 5.92 Å². The molecule has 2 N–H and O–H groups in total. The highest BCUT2D eigenvalue weighted by Crippen LogP contribution is 2.22. The molecule has 2 unspecified atom stereocenters. The van der Waals surface area contributed by atoms with Crippen molar-refractivity contribution >= 4 is 5.91 Å². The molecular weight excluding hydrogens is 206 g/mol. The maximum absolute atomic E-state index is 11.7. The van der Waals surface area contributed by atoms with Gasteiger partial charge in [0.05, 0.1) is 0 Å². The van der Waals surface area contributed by atoms with Crippen LogP contribution in [0.2, 0.25) is 0 Å². The number of hydrogen-bond acceptors (Lipinski definition) is 4. The van der Waals surface area contributed by atoms with E-state index in [0.29, 0.717) is 0 Å². The summed E-state index contributed by atoms with van der Waals surface area (Å²) in [6, 6.07) is 0.260. The van der Waals surface area contributed by atoms with E-state index in [1.165, 1.54) is 19.3 Å². The van der Waals surface area contributed by atoms with Crippen molar-refractivity contribution in [1.29, 1.82) is 0 Å². The van der Waals surface area contributed by atoms with Crippen LogP contribution in [0.25, 0.3) is 0 Å². The Labute approximate surface area is 94.2 Å². The summed E-state index contributed by atoms with van der Waals surface area (Å²) in [6.07, 6.45) is 5.71. The van der Waals surface area contributed by atoms with Crippen molar-refractivity contribution in [3.05, 3.63) is 5.82 Å². The van der Waals surface area contributed by atoms with Crippen molar-refractivity contribution in [2.45, 2.75) is 45.1 Å². The topological polar surface area (TPSA) is 83.6 Å². The Morgan fingerprint density at radius 3 is 3.00 bits per heavy atom. The highest BCUT2D eigenvalue weighted by Gasteiger charge is 2.20. The van der Waals surface area contributed by atoms with Gasteiger partial charge in [0, 0.05) is 6.04 Å². The van der Waals surface area contributed by atoms with Gasteiger partial charge in [0.25, 0.3) is 11.7 Å². The van der Waals surface area contributed by atoms with Crippen LogP contribution in [0.15, 0.2) is 0 Å². The molecule has 1 fully saturated rings. The van der Waals surface area contributed by atoms with Crippen LogP contribution in [0.3, 0.4) is 0 Å². The van der Waals surface area contributed by atoms with Crippen LogP contribution < -0.4 is 5.32 Å². The van der Waals surface area contributed by atoms with Gasteiger partial charge >= 0.3 is 0 Å². The lowest BCUT2D eigenvalue weighted by Crippen LogP contribution is -2.35. The predicted molar refractivity (Wildman–Crippen MR) is 57.7 cm³/mol. The first-order valence-corrected chi connectivity index (χ1v) is 5.80. The molecule has 2 atom stereocenters. The summed E-state index contributed by atoms with van der Waals surface area (Å²) in [6.45, 7) is 2.27. The highest BCUT2D eigenvalue weighted by molar-refractivity contribution is 5.90. The molecule has 1 heterocycles. The molecule has 1 aliphatic carbocycles. The molecule has 1 saturated carbocycles. The van der Waals surface area contributed by atoms with E-state index < -0.39 is 0 Å². The number of H-pyrrole nitrogens is 1. The average Bonchev–Trinajstić information content (AvgIpc) is 2.72. The lowest BCUT2D eigenvalue weighted by atomic mass is 10.0. The number of hydrogen-bond donors (Lipinski definition) is 2. The molecule has 2 rings (SSSR count). The second-order valence-corrected chi connectivity index (χ2v) is 4.52. The molecule has 0 aliphatic heterocycles. The molecule has 1 aromatic rings. The van der Waals surface area contributed by atoms with Gasteiger partial charge in [0.1, 0.15) is 0 Å². The number of rotatable bonds is 2. The van der Waals surface area contributed by atoms with Gasteiger partial charge in [-0.15, -0.1) is 10.2 Å². The largest absolute Gasteiger partial charge is 0.346 e. The standard InChI is InChI=1S/C10H17N5O/c1-7-3-2-4-8(6-5-7)11-10(16)9-12-14-15-13-9/h7-8H,2-6H2,1H3,(H,11,16)(H,12,13,14,15). The second-order valence-electron chi connectivity index (χ2n) is 4.52. The Kier molecular flexibility index (Phi) is 3.48. The molecule has 6 heteroatoms. The Morgan fingerprint density at radius 2 is 2.25 bits per heavy atom. The minimum Gasteiger partial charge on any atom is -0.346 e. The van der Waals surface area contributed by atoms with E-state index in [0.717, 1.165) is 18.8 Å². The third kappa shape index (κ3) is 2.77. The second kappa shape index (κ2) is 5.05. The quantitative estimate of drug-likeness (QED) is 0.729. The molecule has 0 spiro atoms. The predicted octanol–water partition coefficient (Wildman–Crippen LogP) is 0.898. The van der Waals surface area contributed by atoms with E-state index in [1.54, 1.807) is 0 Å². The minimum atomic E-state index is -0.228. The van der Waals surface area contributed by atoms with E-state index in [2.05, 4.69) is 32.9 Å². The summed E-state index contributed by atoms with van der Waals surface area (Å²) in [7, 11) is 0. The van der Waals surface area contributed by atoms with Gasteiger partial charge in [-0.2, -0.15) is 5.21 Å². The number of nitrogens with one attached hydrogen (secondary N) is 2. The van der Waals surface area contributed by atoms with E-state index in [9.17, 15) is 4.79 Å². The number of carbonyl (C=O) groups is 1. The van der Waals surface area contributed by atoms with Crippen molar-refractivity contribution in [2.75, 3.05) is 0 Å². The number of aromatic amines is 1. The van der Waals surface area contributed by atoms with E-state index in [1.807, 2.05) is 0 Å². The lowest BCUT2D eigenvalue weighted by molar-refractivity contribution is 0.0922. The van der Waals surface area contributed by atoms with Crippen LogP contribution in [0, 0.1) is 5.92 Å². The summed E-state index contributed by atoms with van der Waals surface area (Å²) >= 11 is 0. The number of carbonyl (C=O) groups excluding carboxylic acids is 1. The summed E-state index contributed by atoms with van der Waals surface area (Å²) < 4.78 is 0. The zero-order chi connectivity index (χ0) is 11.4. The van der Waals surface area contributed by atoms with Gasteiger partial charge in [-0.05, 0) is 30.4 Å². The third-order valence-electron chi connectivity index (χ3n) is 3.14. The first kappa shape index (κ1) is 11.0. The summed E-state index contributed by atoms with van der Waals surface area (Å²) in [5.74, 6) is 0.665. The fourth-order valence-electron chi connectivity index (χ4n) is 2.14. The molecule has 0 saturated heterocycles. The van der Waals surface area contributed by atoms with E-state index >= 15 is 0 Å². The van der Waals surface area contributed by atoms with Gasteiger partial charge in [0.2, 0.25) is 0 Å². The van der Waals surface area contributed by atoms with Crippen LogP contribution in [-0.2, 0) is 0 Å². The van der Waals surface area contributed by atoms with Gasteiger partial charge in [-0.1, -0.05) is 19.8 Å². The molecule has 1 amide bonds. The van der Waals surface area contributed by atoms with Gasteiger partial charge in [-0.25, -0.2) is 0 Å². The number of nitrogens with zero attached hydrogens (tertiary/aromatic N) is 3. The molecule has 0 radical (unpaired) electrons. The fraction of sp³-hybridized carbons (Fsp3) is 0.800. The van der Waals surface area contributed by atoms with Crippen LogP contribution in [-0.4, -0.2) is 32.6 Å². The monoisotopic (exact) mass is 223 g/mol. The molecule has 88 valence electrons. The summed E-state index contributed by atoms with van der Waals surface area (Å²) in [4.78, 5) is 11.7. The number of aromatic nitrogens is 4. The number of tetrazole rings is 1. The van der Waals surface area contributed by atoms with Crippen LogP contribution in [0.4, 0.5) is 0 Å². The SMILES string of the molecule is CC1CCCC(NC(=O)c2nn[nH]n2)CC1. The molecule has 0 bridgehead atoms. The van der Waals surface area contributed by atoms with Crippen molar-refractivity contribution in [1.82, 2.24) is 25.9 Å². The van der Waals surface area contributed by atoms with Crippen LogP contribution in [0.1, 0.15) is 49.6 Å². The van der Waals surface area contributed by atoms with Gasteiger partial charge in [0.15, 0.2) is 0 Å². The van der Waals surface area contributed by atoms with E-state index in [-0.39, 0.29) is 17.8 Å². The van der Waals surface area contributed by atoms with Crippen molar-refractivity contribution in [3.63, 3.8) is 0 Å². The molecular formula is C10H17N5O. The zero-order valence-corrected chi connectivity index (χ0v) is 9.44. The lowest BCUT2D eigenvalue weighted by Gasteiger charge is -2.14. The van der Waals surface area contributed by atoms with Crippen molar-refractivity contribution < 1.29 is 4.79 Å². The molecule has 0 aromatic carbocycles. The Bertz CT molecular complexity index is 337. The third-order valence-corrected chi connectivity index (χ3v) is 3.14. The molecule has 6 nitrogen and oxygen atoms in total. The van der Waals surface area contributed by atoms with Gasteiger partial charge in [-0.3, -0.25) is 4.79 Å².